The first-order chi connectivity index (χ1) is 12.8. The zero-order valence-corrected chi connectivity index (χ0v) is 17.7. The highest BCUT2D eigenvalue weighted by molar-refractivity contribution is 5.88. The summed E-state index contributed by atoms with van der Waals surface area (Å²) < 4.78 is 0. The molecule has 0 aromatic heterocycles. The number of hydrogen-bond donors (Lipinski definition) is 2. The Kier molecular flexibility index (Phi) is 10.2. The standard InChI is InChI=1S/C20H38N4O3/c1-6-8-9-10-11-17(25)22-18(15(3)4)19(26)23-12-13-24(16(5)14-23)20(27)21-7-2/h15-16,18H,6-14H2,1-5H3,(H,21,27)(H,22,25). The van der Waals surface area contributed by atoms with E-state index in [1.54, 1.807) is 9.80 Å². The Labute approximate surface area is 164 Å². The number of rotatable bonds is 9. The smallest absolute Gasteiger partial charge is 0.317 e. The molecule has 7 nitrogen and oxygen atoms in total. The molecular weight excluding hydrogens is 344 g/mol. The molecule has 0 radical (unpaired) electrons. The molecule has 4 amide bonds. The van der Waals surface area contributed by atoms with Crippen LogP contribution >= 0.6 is 0 Å². The van der Waals surface area contributed by atoms with Gasteiger partial charge in [0.15, 0.2) is 0 Å². The van der Waals surface area contributed by atoms with E-state index in [1.807, 2.05) is 27.7 Å². The van der Waals surface area contributed by atoms with Gasteiger partial charge in [0.05, 0.1) is 0 Å². The van der Waals surface area contributed by atoms with Crippen LogP contribution in [0.15, 0.2) is 0 Å². The first-order valence-electron chi connectivity index (χ1n) is 10.4. The van der Waals surface area contributed by atoms with Gasteiger partial charge in [-0.1, -0.05) is 40.0 Å². The van der Waals surface area contributed by atoms with Crippen LogP contribution < -0.4 is 10.6 Å². The Morgan fingerprint density at radius 3 is 2.33 bits per heavy atom. The maximum absolute atomic E-state index is 13.0. The van der Waals surface area contributed by atoms with Gasteiger partial charge < -0.3 is 20.4 Å². The third-order valence-electron chi connectivity index (χ3n) is 5.03. The minimum atomic E-state index is -0.508. The fraction of sp³-hybridized carbons (Fsp3) is 0.850. The summed E-state index contributed by atoms with van der Waals surface area (Å²) >= 11 is 0. The van der Waals surface area contributed by atoms with E-state index in [0.29, 0.717) is 32.6 Å². The molecule has 7 heteroatoms. The van der Waals surface area contributed by atoms with Gasteiger partial charge in [-0.25, -0.2) is 4.79 Å². The van der Waals surface area contributed by atoms with Crippen molar-refractivity contribution < 1.29 is 14.4 Å². The van der Waals surface area contributed by atoms with Gasteiger partial charge in [-0.3, -0.25) is 9.59 Å². The van der Waals surface area contributed by atoms with E-state index in [9.17, 15) is 14.4 Å². The molecule has 1 heterocycles. The van der Waals surface area contributed by atoms with E-state index in [2.05, 4.69) is 17.6 Å². The summed E-state index contributed by atoms with van der Waals surface area (Å²) in [4.78, 5) is 40.9. The van der Waals surface area contributed by atoms with Gasteiger partial charge in [0.1, 0.15) is 6.04 Å². The zero-order chi connectivity index (χ0) is 20.4. The number of carbonyl (C=O) groups excluding carboxylic acids is 3. The van der Waals surface area contributed by atoms with Crippen molar-refractivity contribution in [2.45, 2.75) is 78.8 Å². The van der Waals surface area contributed by atoms with Crippen LogP contribution in [-0.2, 0) is 9.59 Å². The minimum Gasteiger partial charge on any atom is -0.344 e. The number of unbranched alkanes of at least 4 members (excludes halogenated alkanes) is 3. The Balaban J connectivity index is 2.60. The number of nitrogens with zero attached hydrogens (tertiary/aromatic N) is 2. The van der Waals surface area contributed by atoms with Gasteiger partial charge in [0.25, 0.3) is 0 Å². The average Bonchev–Trinajstić information content (AvgIpc) is 2.62. The largest absolute Gasteiger partial charge is 0.344 e. The molecule has 156 valence electrons. The van der Waals surface area contributed by atoms with Gasteiger partial charge >= 0.3 is 6.03 Å². The topological polar surface area (TPSA) is 81.8 Å². The Bertz CT molecular complexity index is 496. The van der Waals surface area contributed by atoms with Gasteiger partial charge in [-0.2, -0.15) is 0 Å². The van der Waals surface area contributed by atoms with E-state index in [-0.39, 0.29) is 29.8 Å². The van der Waals surface area contributed by atoms with Crippen molar-refractivity contribution in [3.63, 3.8) is 0 Å². The molecule has 0 bridgehead atoms. The van der Waals surface area contributed by atoms with E-state index in [0.717, 1.165) is 25.7 Å². The van der Waals surface area contributed by atoms with Crippen LogP contribution in [-0.4, -0.2) is 65.9 Å². The fourth-order valence-corrected chi connectivity index (χ4v) is 3.38. The van der Waals surface area contributed by atoms with Crippen molar-refractivity contribution in [3.05, 3.63) is 0 Å². The Hall–Kier alpha value is -1.79. The average molecular weight is 383 g/mol. The van der Waals surface area contributed by atoms with E-state index in [1.165, 1.54) is 0 Å². The van der Waals surface area contributed by atoms with Gasteiger partial charge in [-0.15, -0.1) is 0 Å². The van der Waals surface area contributed by atoms with Crippen molar-refractivity contribution in [1.29, 1.82) is 0 Å². The summed E-state index contributed by atoms with van der Waals surface area (Å²) in [6.07, 6.45) is 4.64. The molecule has 1 rings (SSSR count). The number of carbonyl (C=O) groups is 3. The highest BCUT2D eigenvalue weighted by Crippen LogP contribution is 2.14. The second kappa shape index (κ2) is 11.8. The van der Waals surface area contributed by atoms with Crippen LogP contribution in [0.3, 0.4) is 0 Å². The lowest BCUT2D eigenvalue weighted by molar-refractivity contribution is -0.139. The third-order valence-corrected chi connectivity index (χ3v) is 5.03. The van der Waals surface area contributed by atoms with E-state index in [4.69, 9.17) is 0 Å². The first-order valence-corrected chi connectivity index (χ1v) is 10.4. The summed E-state index contributed by atoms with van der Waals surface area (Å²) in [5, 5.41) is 5.75. The Morgan fingerprint density at radius 2 is 1.78 bits per heavy atom. The summed E-state index contributed by atoms with van der Waals surface area (Å²) in [5.74, 6) is -0.0738. The first kappa shape index (κ1) is 23.2. The van der Waals surface area contributed by atoms with Crippen molar-refractivity contribution in [3.8, 4) is 0 Å². The van der Waals surface area contributed by atoms with Gasteiger partial charge in [0.2, 0.25) is 11.8 Å². The summed E-state index contributed by atoms with van der Waals surface area (Å²) in [5.41, 5.74) is 0. The van der Waals surface area contributed by atoms with Crippen molar-refractivity contribution in [1.82, 2.24) is 20.4 Å². The quantitative estimate of drug-likeness (QED) is 0.601. The minimum absolute atomic E-state index is 0.0221. The lowest BCUT2D eigenvalue weighted by Gasteiger charge is -2.41. The van der Waals surface area contributed by atoms with Crippen LogP contribution in [0.4, 0.5) is 4.79 Å². The lowest BCUT2D eigenvalue weighted by Crippen LogP contribution is -2.61. The highest BCUT2D eigenvalue weighted by Gasteiger charge is 2.34. The molecule has 1 aliphatic rings. The predicted octanol–water partition coefficient (Wildman–Crippen LogP) is 2.36. The lowest BCUT2D eigenvalue weighted by atomic mass is 10.0. The number of amides is 4. The zero-order valence-electron chi connectivity index (χ0n) is 17.7. The molecule has 0 aromatic carbocycles. The fourth-order valence-electron chi connectivity index (χ4n) is 3.38. The molecule has 1 saturated heterocycles. The van der Waals surface area contributed by atoms with E-state index >= 15 is 0 Å². The molecule has 2 N–H and O–H groups in total. The number of nitrogens with one attached hydrogen (secondary N) is 2. The maximum atomic E-state index is 13.0. The highest BCUT2D eigenvalue weighted by atomic mass is 16.2. The van der Waals surface area contributed by atoms with Crippen molar-refractivity contribution >= 4 is 17.8 Å². The molecule has 2 unspecified atom stereocenters. The number of urea groups is 1. The van der Waals surface area contributed by atoms with Crippen LogP contribution in [0.25, 0.3) is 0 Å². The number of piperazine rings is 1. The normalized spacial score (nSPS) is 18.4. The molecule has 0 aromatic rings. The van der Waals surface area contributed by atoms with Crippen LogP contribution in [0.5, 0.6) is 0 Å². The van der Waals surface area contributed by atoms with Crippen LogP contribution in [0, 0.1) is 5.92 Å². The SMILES string of the molecule is CCCCCCC(=O)NC(C(=O)N1CCN(C(=O)NCC)C(C)C1)C(C)C. The third kappa shape index (κ3) is 7.39. The maximum Gasteiger partial charge on any atom is 0.317 e. The molecule has 27 heavy (non-hydrogen) atoms. The molecule has 1 aliphatic heterocycles. The summed E-state index contributed by atoms with van der Waals surface area (Å²) in [6.45, 7) is 12.0. The predicted molar refractivity (Wildman–Crippen MR) is 107 cm³/mol. The second-order valence-corrected chi connectivity index (χ2v) is 7.76. The van der Waals surface area contributed by atoms with Gasteiger partial charge in [0, 0.05) is 38.6 Å². The second-order valence-electron chi connectivity index (χ2n) is 7.76. The summed E-state index contributed by atoms with van der Waals surface area (Å²) in [7, 11) is 0. The van der Waals surface area contributed by atoms with Crippen LogP contribution in [0.2, 0.25) is 0 Å². The van der Waals surface area contributed by atoms with Crippen LogP contribution in [0.1, 0.15) is 66.7 Å². The molecule has 0 saturated carbocycles. The van der Waals surface area contributed by atoms with E-state index < -0.39 is 6.04 Å². The Morgan fingerprint density at radius 1 is 1.07 bits per heavy atom. The molecule has 0 aliphatic carbocycles. The molecule has 0 spiro atoms. The molecular formula is C20H38N4O3. The molecule has 1 fully saturated rings. The number of hydrogen-bond acceptors (Lipinski definition) is 3. The van der Waals surface area contributed by atoms with Gasteiger partial charge in [-0.05, 0) is 26.2 Å². The summed E-state index contributed by atoms with van der Waals surface area (Å²) in [6, 6.07) is -0.642. The van der Waals surface area contributed by atoms with Crippen molar-refractivity contribution in [2.75, 3.05) is 26.2 Å². The molecule has 2 atom stereocenters. The van der Waals surface area contributed by atoms with Crippen molar-refractivity contribution in [2.24, 2.45) is 5.92 Å². The monoisotopic (exact) mass is 382 g/mol.